The van der Waals surface area contributed by atoms with Crippen LogP contribution in [0.1, 0.15) is 46.7 Å². The standard InChI is InChI=1S/C18H25NO/c1-6-19-17(11-16-9-7-8-12(2)10-16)18-13(3)14(4)20-15(18)5/h7-10,17,19H,6,11H2,1-5H3. The SMILES string of the molecule is CCNC(Cc1cccc(C)c1)c1c(C)oc(C)c1C. The summed E-state index contributed by atoms with van der Waals surface area (Å²) in [5, 5.41) is 3.60. The molecule has 2 aromatic rings. The van der Waals surface area contributed by atoms with Gasteiger partial charge in [0.2, 0.25) is 0 Å². The van der Waals surface area contributed by atoms with Crippen LogP contribution in [0.2, 0.25) is 0 Å². The number of furan rings is 1. The van der Waals surface area contributed by atoms with Crippen LogP contribution in [0.4, 0.5) is 0 Å². The Morgan fingerprint density at radius 1 is 1.10 bits per heavy atom. The highest BCUT2D eigenvalue weighted by molar-refractivity contribution is 5.36. The number of benzene rings is 1. The van der Waals surface area contributed by atoms with Gasteiger partial charge in [0.15, 0.2) is 0 Å². The third-order valence-electron chi connectivity index (χ3n) is 3.94. The molecule has 0 bridgehead atoms. The van der Waals surface area contributed by atoms with Gasteiger partial charge in [-0.2, -0.15) is 0 Å². The van der Waals surface area contributed by atoms with E-state index in [4.69, 9.17) is 4.42 Å². The molecule has 1 aromatic heterocycles. The lowest BCUT2D eigenvalue weighted by Crippen LogP contribution is -2.24. The highest BCUT2D eigenvalue weighted by Gasteiger charge is 2.20. The zero-order chi connectivity index (χ0) is 14.7. The van der Waals surface area contributed by atoms with E-state index in [9.17, 15) is 0 Å². The van der Waals surface area contributed by atoms with Gasteiger partial charge < -0.3 is 9.73 Å². The minimum Gasteiger partial charge on any atom is -0.466 e. The Bertz CT molecular complexity index is 583. The number of hydrogen-bond acceptors (Lipinski definition) is 2. The van der Waals surface area contributed by atoms with Crippen molar-refractivity contribution in [1.29, 1.82) is 0 Å². The summed E-state index contributed by atoms with van der Waals surface area (Å²) in [5.41, 5.74) is 5.29. The molecule has 108 valence electrons. The molecule has 0 fully saturated rings. The Balaban J connectivity index is 2.31. The molecule has 2 heteroatoms. The molecule has 0 saturated carbocycles. The van der Waals surface area contributed by atoms with Gasteiger partial charge in [-0.25, -0.2) is 0 Å². The second kappa shape index (κ2) is 6.27. The van der Waals surface area contributed by atoms with Crippen LogP contribution in [-0.2, 0) is 6.42 Å². The van der Waals surface area contributed by atoms with Gasteiger partial charge in [0, 0.05) is 11.6 Å². The molecule has 0 spiro atoms. The smallest absolute Gasteiger partial charge is 0.106 e. The predicted molar refractivity (Wildman–Crippen MR) is 84.2 cm³/mol. The molecule has 0 aliphatic heterocycles. The van der Waals surface area contributed by atoms with Crippen LogP contribution in [0.25, 0.3) is 0 Å². The summed E-state index contributed by atoms with van der Waals surface area (Å²) in [6, 6.07) is 9.06. The molecule has 0 aliphatic carbocycles. The van der Waals surface area contributed by atoms with Gasteiger partial charge in [-0.3, -0.25) is 0 Å². The Labute approximate surface area is 122 Å². The number of aryl methyl sites for hydroxylation is 3. The molecule has 1 unspecified atom stereocenters. The van der Waals surface area contributed by atoms with Gasteiger partial charge in [0.25, 0.3) is 0 Å². The second-order valence-electron chi connectivity index (χ2n) is 5.56. The maximum absolute atomic E-state index is 5.79. The van der Waals surface area contributed by atoms with Crippen molar-refractivity contribution in [2.45, 2.75) is 47.1 Å². The molecular weight excluding hydrogens is 246 g/mol. The van der Waals surface area contributed by atoms with Crippen molar-refractivity contribution >= 4 is 0 Å². The Hall–Kier alpha value is -1.54. The summed E-state index contributed by atoms with van der Waals surface area (Å²) < 4.78 is 5.79. The Morgan fingerprint density at radius 3 is 2.40 bits per heavy atom. The number of rotatable bonds is 5. The molecule has 0 saturated heterocycles. The summed E-state index contributed by atoms with van der Waals surface area (Å²) in [4.78, 5) is 0. The van der Waals surface area contributed by atoms with Crippen LogP contribution in [0.15, 0.2) is 28.7 Å². The van der Waals surface area contributed by atoms with Crippen molar-refractivity contribution in [2.24, 2.45) is 0 Å². The second-order valence-corrected chi connectivity index (χ2v) is 5.56. The van der Waals surface area contributed by atoms with E-state index in [1.54, 1.807) is 0 Å². The highest BCUT2D eigenvalue weighted by atomic mass is 16.3. The zero-order valence-corrected chi connectivity index (χ0v) is 13.2. The minimum absolute atomic E-state index is 0.319. The van der Waals surface area contributed by atoms with Crippen molar-refractivity contribution < 1.29 is 4.42 Å². The molecule has 0 amide bonds. The van der Waals surface area contributed by atoms with Crippen LogP contribution in [0.3, 0.4) is 0 Å². The topological polar surface area (TPSA) is 25.2 Å². The molecule has 20 heavy (non-hydrogen) atoms. The number of hydrogen-bond donors (Lipinski definition) is 1. The molecule has 2 rings (SSSR count). The lowest BCUT2D eigenvalue weighted by molar-refractivity contribution is 0.484. The predicted octanol–water partition coefficient (Wildman–Crippen LogP) is 4.41. The molecule has 2 nitrogen and oxygen atoms in total. The maximum atomic E-state index is 5.79. The fourth-order valence-electron chi connectivity index (χ4n) is 2.92. The van der Waals surface area contributed by atoms with E-state index >= 15 is 0 Å². The third-order valence-corrected chi connectivity index (χ3v) is 3.94. The quantitative estimate of drug-likeness (QED) is 0.871. The molecule has 1 aromatic carbocycles. The lowest BCUT2D eigenvalue weighted by Gasteiger charge is -2.19. The fraction of sp³-hybridized carbons (Fsp3) is 0.444. The summed E-state index contributed by atoms with van der Waals surface area (Å²) in [7, 11) is 0. The number of nitrogens with one attached hydrogen (secondary N) is 1. The van der Waals surface area contributed by atoms with Crippen LogP contribution in [-0.4, -0.2) is 6.54 Å². The molecule has 1 heterocycles. The van der Waals surface area contributed by atoms with Crippen LogP contribution >= 0.6 is 0 Å². The third kappa shape index (κ3) is 3.13. The summed E-state index contributed by atoms with van der Waals surface area (Å²) >= 11 is 0. The van der Waals surface area contributed by atoms with Crippen LogP contribution in [0.5, 0.6) is 0 Å². The average molecular weight is 271 g/mol. The zero-order valence-electron chi connectivity index (χ0n) is 13.2. The monoisotopic (exact) mass is 271 g/mol. The molecule has 1 atom stereocenters. The molecule has 0 radical (unpaired) electrons. The van der Waals surface area contributed by atoms with Gasteiger partial charge in [-0.15, -0.1) is 0 Å². The van der Waals surface area contributed by atoms with Gasteiger partial charge in [0.05, 0.1) is 0 Å². The number of likely N-dealkylation sites (N-methyl/N-ethyl adjacent to an activating group) is 1. The Kier molecular flexibility index (Phi) is 4.66. The van der Waals surface area contributed by atoms with E-state index in [0.29, 0.717) is 6.04 Å². The van der Waals surface area contributed by atoms with Gasteiger partial charge in [-0.1, -0.05) is 36.8 Å². The largest absolute Gasteiger partial charge is 0.466 e. The summed E-state index contributed by atoms with van der Waals surface area (Å²) in [6.07, 6.45) is 0.996. The fourth-order valence-corrected chi connectivity index (χ4v) is 2.92. The lowest BCUT2D eigenvalue weighted by atomic mass is 9.95. The van der Waals surface area contributed by atoms with Gasteiger partial charge in [-0.05, 0) is 51.8 Å². The first-order valence-corrected chi connectivity index (χ1v) is 7.38. The summed E-state index contributed by atoms with van der Waals surface area (Å²) in [5.74, 6) is 2.07. The van der Waals surface area contributed by atoms with E-state index in [1.807, 2.05) is 6.92 Å². The van der Waals surface area contributed by atoms with Crippen LogP contribution in [0, 0.1) is 27.7 Å². The van der Waals surface area contributed by atoms with Gasteiger partial charge in [0.1, 0.15) is 11.5 Å². The van der Waals surface area contributed by atoms with E-state index < -0.39 is 0 Å². The highest BCUT2D eigenvalue weighted by Crippen LogP contribution is 2.29. The first kappa shape index (κ1) is 14.9. The molecule has 0 aliphatic rings. The van der Waals surface area contributed by atoms with Crippen molar-refractivity contribution in [3.05, 3.63) is 58.0 Å². The van der Waals surface area contributed by atoms with Crippen molar-refractivity contribution in [3.8, 4) is 0 Å². The average Bonchev–Trinajstić information content (AvgIpc) is 2.63. The minimum atomic E-state index is 0.319. The van der Waals surface area contributed by atoms with Crippen LogP contribution < -0.4 is 5.32 Å². The van der Waals surface area contributed by atoms with E-state index in [1.165, 1.54) is 22.3 Å². The van der Waals surface area contributed by atoms with Crippen molar-refractivity contribution in [3.63, 3.8) is 0 Å². The Morgan fingerprint density at radius 2 is 1.85 bits per heavy atom. The summed E-state index contributed by atoms with van der Waals surface area (Å²) in [6.45, 7) is 11.5. The van der Waals surface area contributed by atoms with E-state index in [-0.39, 0.29) is 0 Å². The first-order chi connectivity index (χ1) is 9.52. The first-order valence-electron chi connectivity index (χ1n) is 7.38. The molecular formula is C18H25NO. The normalized spacial score (nSPS) is 12.7. The van der Waals surface area contributed by atoms with Gasteiger partial charge >= 0.3 is 0 Å². The van der Waals surface area contributed by atoms with Crippen molar-refractivity contribution in [1.82, 2.24) is 5.32 Å². The van der Waals surface area contributed by atoms with E-state index in [0.717, 1.165) is 24.5 Å². The van der Waals surface area contributed by atoms with Crippen molar-refractivity contribution in [2.75, 3.05) is 6.54 Å². The molecule has 1 N–H and O–H groups in total. The van der Waals surface area contributed by atoms with E-state index in [2.05, 4.69) is 57.3 Å². The maximum Gasteiger partial charge on any atom is 0.106 e.